The Balaban J connectivity index is 1.96. The lowest BCUT2D eigenvalue weighted by atomic mass is 9.93. The van der Waals surface area contributed by atoms with Crippen LogP contribution in [0, 0.1) is 0 Å². The molecule has 1 aromatic heterocycles. The summed E-state index contributed by atoms with van der Waals surface area (Å²) < 4.78 is 0. The normalized spacial score (nSPS) is 13.3. The number of carboxylic acids is 1. The van der Waals surface area contributed by atoms with E-state index < -0.39 is 12.0 Å². The standard InChI is InChI=1S/C14H17N5O3/c1-9(10-5-3-2-4-6-10)13(14(21)22)15-12(20)8-7-11-16-18-19-17-11/h2-6,9,13H,7-8H2,1H3,(H,15,20)(H,21,22)(H,16,17,18,19). The maximum Gasteiger partial charge on any atom is 0.326 e. The average molecular weight is 303 g/mol. The van der Waals surface area contributed by atoms with E-state index in [0.29, 0.717) is 12.2 Å². The molecule has 3 N–H and O–H groups in total. The maximum atomic E-state index is 11.9. The van der Waals surface area contributed by atoms with E-state index in [9.17, 15) is 14.7 Å². The highest BCUT2D eigenvalue weighted by atomic mass is 16.4. The van der Waals surface area contributed by atoms with Crippen molar-refractivity contribution >= 4 is 11.9 Å². The summed E-state index contributed by atoms with van der Waals surface area (Å²) >= 11 is 0. The van der Waals surface area contributed by atoms with Crippen LogP contribution in [0.5, 0.6) is 0 Å². The van der Waals surface area contributed by atoms with Crippen molar-refractivity contribution in [2.24, 2.45) is 0 Å². The molecule has 116 valence electrons. The molecule has 0 aliphatic rings. The third-order valence-electron chi connectivity index (χ3n) is 3.37. The predicted octanol–water partition coefficient (Wildman–Crippen LogP) is 0.505. The smallest absolute Gasteiger partial charge is 0.326 e. The van der Waals surface area contributed by atoms with Gasteiger partial charge in [-0.15, -0.1) is 10.2 Å². The highest BCUT2D eigenvalue weighted by Gasteiger charge is 2.27. The molecule has 22 heavy (non-hydrogen) atoms. The molecule has 0 aliphatic heterocycles. The first-order valence-corrected chi connectivity index (χ1v) is 6.87. The topological polar surface area (TPSA) is 121 Å². The molecule has 1 amide bonds. The van der Waals surface area contributed by atoms with Gasteiger partial charge in [0.15, 0.2) is 5.82 Å². The van der Waals surface area contributed by atoms with Gasteiger partial charge in [0.2, 0.25) is 5.91 Å². The van der Waals surface area contributed by atoms with Crippen LogP contribution in [-0.2, 0) is 16.0 Å². The second kappa shape index (κ2) is 7.30. The Labute approximate surface area is 126 Å². The van der Waals surface area contributed by atoms with Crippen LogP contribution >= 0.6 is 0 Å². The number of H-pyrrole nitrogens is 1. The summed E-state index contributed by atoms with van der Waals surface area (Å²) in [6.07, 6.45) is 0.402. The number of hydrogen-bond donors (Lipinski definition) is 3. The first-order valence-electron chi connectivity index (χ1n) is 6.87. The van der Waals surface area contributed by atoms with Crippen molar-refractivity contribution in [3.63, 3.8) is 0 Å². The molecule has 1 aromatic carbocycles. The molecule has 2 rings (SSSR count). The van der Waals surface area contributed by atoms with E-state index in [2.05, 4.69) is 25.9 Å². The minimum Gasteiger partial charge on any atom is -0.480 e. The van der Waals surface area contributed by atoms with Gasteiger partial charge in [0.25, 0.3) is 0 Å². The molecule has 8 heteroatoms. The first-order chi connectivity index (χ1) is 10.6. The highest BCUT2D eigenvalue weighted by Crippen LogP contribution is 2.19. The van der Waals surface area contributed by atoms with Crippen LogP contribution in [0.4, 0.5) is 0 Å². The van der Waals surface area contributed by atoms with E-state index in [4.69, 9.17) is 0 Å². The van der Waals surface area contributed by atoms with Gasteiger partial charge in [0.1, 0.15) is 6.04 Å². The Morgan fingerprint density at radius 1 is 1.32 bits per heavy atom. The summed E-state index contributed by atoms with van der Waals surface area (Å²) in [6, 6.07) is 8.22. The summed E-state index contributed by atoms with van der Waals surface area (Å²) in [5.74, 6) is -1.35. The number of aromatic nitrogens is 4. The lowest BCUT2D eigenvalue weighted by Crippen LogP contribution is -2.44. The van der Waals surface area contributed by atoms with E-state index in [-0.39, 0.29) is 18.2 Å². The van der Waals surface area contributed by atoms with Crippen molar-refractivity contribution in [1.82, 2.24) is 25.9 Å². The van der Waals surface area contributed by atoms with Gasteiger partial charge in [-0.05, 0) is 5.56 Å². The Hall–Kier alpha value is -2.77. The van der Waals surface area contributed by atoms with E-state index in [1.807, 2.05) is 30.3 Å². The minimum absolute atomic E-state index is 0.102. The zero-order valence-corrected chi connectivity index (χ0v) is 12.1. The third-order valence-corrected chi connectivity index (χ3v) is 3.37. The maximum absolute atomic E-state index is 11.9. The highest BCUT2D eigenvalue weighted by molar-refractivity contribution is 5.84. The predicted molar refractivity (Wildman–Crippen MR) is 76.9 cm³/mol. The van der Waals surface area contributed by atoms with E-state index >= 15 is 0 Å². The number of aliphatic carboxylic acids is 1. The fourth-order valence-electron chi connectivity index (χ4n) is 2.11. The Morgan fingerprint density at radius 2 is 2.05 bits per heavy atom. The molecule has 2 aromatic rings. The summed E-state index contributed by atoms with van der Waals surface area (Å²) in [4.78, 5) is 23.4. The van der Waals surface area contributed by atoms with Crippen LogP contribution in [0.25, 0.3) is 0 Å². The molecule has 0 radical (unpaired) electrons. The summed E-state index contributed by atoms with van der Waals surface area (Å²) in [5, 5.41) is 25.1. The first kappa shape index (κ1) is 15.6. The van der Waals surface area contributed by atoms with E-state index in [0.717, 1.165) is 5.56 Å². The lowest BCUT2D eigenvalue weighted by Gasteiger charge is -2.21. The van der Waals surface area contributed by atoms with Gasteiger partial charge < -0.3 is 10.4 Å². The van der Waals surface area contributed by atoms with Crippen molar-refractivity contribution in [3.8, 4) is 0 Å². The van der Waals surface area contributed by atoms with Crippen LogP contribution in [0.2, 0.25) is 0 Å². The fraction of sp³-hybridized carbons (Fsp3) is 0.357. The molecule has 0 bridgehead atoms. The lowest BCUT2D eigenvalue weighted by molar-refractivity contribution is -0.142. The third kappa shape index (κ3) is 4.11. The monoisotopic (exact) mass is 303 g/mol. The number of aryl methyl sites for hydroxylation is 1. The molecule has 8 nitrogen and oxygen atoms in total. The summed E-state index contributed by atoms with van der Waals surface area (Å²) in [5.41, 5.74) is 0.855. The minimum atomic E-state index is -1.07. The molecule has 0 saturated heterocycles. The molecular formula is C14H17N5O3. The van der Waals surface area contributed by atoms with Gasteiger partial charge in [0.05, 0.1) is 0 Å². The molecule has 0 spiro atoms. The Bertz CT molecular complexity index is 615. The number of nitrogens with zero attached hydrogens (tertiary/aromatic N) is 3. The molecule has 2 unspecified atom stereocenters. The number of nitrogens with one attached hydrogen (secondary N) is 2. The van der Waals surface area contributed by atoms with Crippen molar-refractivity contribution in [3.05, 3.63) is 41.7 Å². The Morgan fingerprint density at radius 3 is 2.64 bits per heavy atom. The largest absolute Gasteiger partial charge is 0.480 e. The number of rotatable bonds is 7. The molecule has 2 atom stereocenters. The quantitative estimate of drug-likeness (QED) is 0.685. The van der Waals surface area contributed by atoms with Crippen LogP contribution in [-0.4, -0.2) is 43.6 Å². The number of amides is 1. The number of aromatic amines is 1. The van der Waals surface area contributed by atoms with E-state index in [1.54, 1.807) is 6.92 Å². The molecule has 0 fully saturated rings. The van der Waals surface area contributed by atoms with Gasteiger partial charge in [-0.3, -0.25) is 4.79 Å². The number of benzene rings is 1. The van der Waals surface area contributed by atoms with Crippen LogP contribution < -0.4 is 5.32 Å². The number of hydrogen-bond acceptors (Lipinski definition) is 5. The van der Waals surface area contributed by atoms with Gasteiger partial charge >= 0.3 is 5.97 Å². The summed E-state index contributed by atoms with van der Waals surface area (Å²) in [6.45, 7) is 1.77. The summed E-state index contributed by atoms with van der Waals surface area (Å²) in [7, 11) is 0. The molecule has 1 heterocycles. The van der Waals surface area contributed by atoms with Crippen LogP contribution in [0.15, 0.2) is 30.3 Å². The number of tetrazole rings is 1. The molecule has 0 aliphatic carbocycles. The van der Waals surface area contributed by atoms with Gasteiger partial charge in [-0.25, -0.2) is 4.79 Å². The fourth-order valence-corrected chi connectivity index (χ4v) is 2.11. The van der Waals surface area contributed by atoms with Crippen molar-refractivity contribution < 1.29 is 14.7 Å². The van der Waals surface area contributed by atoms with Crippen LogP contribution in [0.1, 0.15) is 30.7 Å². The molecular weight excluding hydrogens is 286 g/mol. The zero-order chi connectivity index (χ0) is 15.9. The van der Waals surface area contributed by atoms with E-state index in [1.165, 1.54) is 0 Å². The van der Waals surface area contributed by atoms with Crippen molar-refractivity contribution in [2.45, 2.75) is 31.7 Å². The van der Waals surface area contributed by atoms with Gasteiger partial charge in [-0.1, -0.05) is 42.5 Å². The molecule has 0 saturated carbocycles. The van der Waals surface area contributed by atoms with Crippen molar-refractivity contribution in [2.75, 3.05) is 0 Å². The number of carboxylic acid groups (broad SMARTS) is 1. The number of carbonyl (C=O) groups excluding carboxylic acids is 1. The number of carbonyl (C=O) groups is 2. The Kier molecular flexibility index (Phi) is 5.18. The second-order valence-corrected chi connectivity index (χ2v) is 4.91. The second-order valence-electron chi connectivity index (χ2n) is 4.91. The van der Waals surface area contributed by atoms with Gasteiger partial charge in [-0.2, -0.15) is 5.21 Å². The average Bonchev–Trinajstić information content (AvgIpc) is 3.04. The zero-order valence-electron chi connectivity index (χ0n) is 12.1. The SMILES string of the molecule is CC(c1ccccc1)C(NC(=O)CCc1nn[nH]n1)C(=O)O. The van der Waals surface area contributed by atoms with Crippen molar-refractivity contribution in [1.29, 1.82) is 0 Å². The van der Waals surface area contributed by atoms with Crippen LogP contribution in [0.3, 0.4) is 0 Å². The van der Waals surface area contributed by atoms with Gasteiger partial charge in [0, 0.05) is 18.8 Å².